The van der Waals surface area contributed by atoms with E-state index in [1.165, 1.54) is 55.7 Å². The lowest BCUT2D eigenvalue weighted by Crippen LogP contribution is -2.34. The summed E-state index contributed by atoms with van der Waals surface area (Å²) in [7, 11) is 0. The Morgan fingerprint density at radius 2 is 1.13 bits per heavy atom. The van der Waals surface area contributed by atoms with Crippen molar-refractivity contribution < 1.29 is 0 Å². The van der Waals surface area contributed by atoms with Crippen LogP contribution in [0, 0.1) is 0 Å². The highest BCUT2D eigenvalue weighted by molar-refractivity contribution is 6.09. The Labute approximate surface area is 319 Å². The Morgan fingerprint density at radius 1 is 0.519 bits per heavy atom. The number of rotatable bonds is 7. The second kappa shape index (κ2) is 13.1. The van der Waals surface area contributed by atoms with Crippen LogP contribution < -0.4 is 9.80 Å². The van der Waals surface area contributed by atoms with Gasteiger partial charge in [-0.2, -0.15) is 0 Å². The summed E-state index contributed by atoms with van der Waals surface area (Å²) in [6.07, 6.45) is 1.96. The van der Waals surface area contributed by atoms with E-state index in [0.717, 1.165) is 23.5 Å². The van der Waals surface area contributed by atoms with Crippen molar-refractivity contribution in [2.45, 2.75) is 51.5 Å². The van der Waals surface area contributed by atoms with Gasteiger partial charge in [0.2, 0.25) is 0 Å². The van der Waals surface area contributed by atoms with Gasteiger partial charge in [-0.05, 0) is 95.6 Å². The van der Waals surface area contributed by atoms with Gasteiger partial charge in [-0.25, -0.2) is 4.98 Å². The van der Waals surface area contributed by atoms with Crippen molar-refractivity contribution in [1.29, 1.82) is 0 Å². The van der Waals surface area contributed by atoms with Crippen LogP contribution >= 0.6 is 0 Å². The van der Waals surface area contributed by atoms with Crippen molar-refractivity contribution in [3.8, 4) is 5.82 Å². The van der Waals surface area contributed by atoms with Gasteiger partial charge in [0.05, 0.1) is 34.5 Å². The number of fused-ring (bicyclic) bond motifs is 4. The molecule has 1 aliphatic rings. The Morgan fingerprint density at radius 3 is 1.83 bits per heavy atom. The molecule has 4 nitrogen and oxygen atoms in total. The second-order valence-corrected chi connectivity index (χ2v) is 15.9. The first-order valence-corrected chi connectivity index (χ1v) is 19.1. The maximum atomic E-state index is 5.01. The SMILES string of the molecule is CC(C)N1CN(c2cccc(C(c3ccccc3)(c3ccccc3)c3ccc4c5ccccc5n(-c5cc(C(C)(C)C)ccn5)c4c3)c2)c2ccccc21. The van der Waals surface area contributed by atoms with E-state index in [4.69, 9.17) is 4.98 Å². The fraction of sp³-hybridized carbons (Fsp3) is 0.180. The summed E-state index contributed by atoms with van der Waals surface area (Å²) < 4.78 is 2.36. The molecule has 0 saturated carbocycles. The molecule has 0 spiro atoms. The van der Waals surface area contributed by atoms with Crippen LogP contribution in [-0.4, -0.2) is 22.3 Å². The number of hydrogen-bond acceptors (Lipinski definition) is 3. The van der Waals surface area contributed by atoms with Crippen LogP contribution in [0.15, 0.2) is 170 Å². The summed E-state index contributed by atoms with van der Waals surface area (Å²) in [4.78, 5) is 9.96. The molecule has 1 aliphatic heterocycles. The lowest BCUT2D eigenvalue weighted by atomic mass is 9.65. The minimum absolute atomic E-state index is 0.00947. The van der Waals surface area contributed by atoms with Gasteiger partial charge < -0.3 is 9.80 Å². The van der Waals surface area contributed by atoms with Gasteiger partial charge in [0, 0.05) is 28.7 Å². The number of aromatic nitrogens is 2. The van der Waals surface area contributed by atoms with Crippen LogP contribution in [0.3, 0.4) is 0 Å². The summed E-state index contributed by atoms with van der Waals surface area (Å²) >= 11 is 0. The molecule has 0 saturated heterocycles. The monoisotopic (exact) mass is 702 g/mol. The molecule has 9 rings (SSSR count). The summed E-state index contributed by atoms with van der Waals surface area (Å²) in [5, 5.41) is 2.43. The molecule has 8 aromatic rings. The van der Waals surface area contributed by atoms with Gasteiger partial charge >= 0.3 is 0 Å². The van der Waals surface area contributed by atoms with Crippen molar-refractivity contribution in [3.05, 3.63) is 198 Å². The van der Waals surface area contributed by atoms with Gasteiger partial charge in [-0.15, -0.1) is 0 Å². The van der Waals surface area contributed by atoms with Crippen LogP contribution in [0.5, 0.6) is 0 Å². The zero-order valence-corrected chi connectivity index (χ0v) is 31.7. The smallest absolute Gasteiger partial charge is 0.137 e. The zero-order valence-electron chi connectivity index (χ0n) is 31.7. The average molecular weight is 703 g/mol. The Bertz CT molecular complexity index is 2570. The number of anilines is 3. The molecule has 3 heterocycles. The molecule has 0 fully saturated rings. The highest BCUT2D eigenvalue weighted by Gasteiger charge is 2.40. The van der Waals surface area contributed by atoms with Crippen LogP contribution in [0.4, 0.5) is 17.1 Å². The zero-order chi connectivity index (χ0) is 37.0. The van der Waals surface area contributed by atoms with E-state index in [-0.39, 0.29) is 5.41 Å². The first-order chi connectivity index (χ1) is 26.2. The van der Waals surface area contributed by atoms with Crippen molar-refractivity contribution in [1.82, 2.24) is 9.55 Å². The highest BCUT2D eigenvalue weighted by Crippen LogP contribution is 2.49. The third-order valence-electron chi connectivity index (χ3n) is 11.4. The molecule has 0 amide bonds. The Balaban J connectivity index is 1.33. The minimum Gasteiger partial charge on any atom is -0.349 e. The van der Waals surface area contributed by atoms with E-state index in [9.17, 15) is 0 Å². The third kappa shape index (κ3) is 5.39. The van der Waals surface area contributed by atoms with Gasteiger partial charge in [-0.3, -0.25) is 4.57 Å². The highest BCUT2D eigenvalue weighted by atomic mass is 15.4. The van der Waals surface area contributed by atoms with Crippen LogP contribution in [0.2, 0.25) is 0 Å². The number of benzene rings is 6. The first kappa shape index (κ1) is 33.7. The summed E-state index contributed by atoms with van der Waals surface area (Å²) in [5.74, 6) is 0.931. The molecular formula is C50H46N4. The van der Waals surface area contributed by atoms with E-state index in [1.54, 1.807) is 0 Å². The van der Waals surface area contributed by atoms with Crippen molar-refractivity contribution in [2.75, 3.05) is 16.5 Å². The van der Waals surface area contributed by atoms with Crippen LogP contribution in [0.25, 0.3) is 27.6 Å². The molecule has 266 valence electrons. The van der Waals surface area contributed by atoms with Crippen molar-refractivity contribution >= 4 is 38.9 Å². The molecule has 6 aromatic carbocycles. The standard InChI is InChI=1S/C50H46N4/c1-35(2)52-34-53(46-26-15-14-25-45(46)52)41-22-16-21-39(31-41)50(36-17-8-6-9-18-36,37-19-10-7-11-20-37)40-27-28-43-42-23-12-13-24-44(42)54(47(43)32-40)48-33-38(29-30-51-48)49(3,4)5/h6-33,35H,34H2,1-5H3. The maximum Gasteiger partial charge on any atom is 0.137 e. The predicted molar refractivity (Wildman–Crippen MR) is 227 cm³/mol. The van der Waals surface area contributed by atoms with Crippen LogP contribution in [0.1, 0.15) is 62.4 Å². The molecule has 54 heavy (non-hydrogen) atoms. The molecular weight excluding hydrogens is 657 g/mol. The summed E-state index contributed by atoms with van der Waals surface area (Å²) in [5.41, 5.74) is 11.4. The maximum absolute atomic E-state index is 5.01. The molecule has 2 aromatic heterocycles. The van der Waals surface area contributed by atoms with Gasteiger partial charge in [0.15, 0.2) is 0 Å². The molecule has 0 aliphatic carbocycles. The van der Waals surface area contributed by atoms with Crippen molar-refractivity contribution in [3.63, 3.8) is 0 Å². The Kier molecular flexibility index (Phi) is 8.15. The average Bonchev–Trinajstić information content (AvgIpc) is 3.76. The molecule has 0 unspecified atom stereocenters. The third-order valence-corrected chi connectivity index (χ3v) is 11.4. The predicted octanol–water partition coefficient (Wildman–Crippen LogP) is 12.2. The van der Waals surface area contributed by atoms with Gasteiger partial charge in [0.1, 0.15) is 5.82 Å². The number of nitrogens with zero attached hydrogens (tertiary/aromatic N) is 4. The van der Waals surface area contributed by atoms with E-state index >= 15 is 0 Å². The molecule has 4 heteroatoms. The molecule has 0 N–H and O–H groups in total. The van der Waals surface area contributed by atoms with E-state index in [1.807, 2.05) is 6.20 Å². The van der Waals surface area contributed by atoms with Crippen molar-refractivity contribution in [2.24, 2.45) is 0 Å². The number of pyridine rings is 1. The van der Waals surface area contributed by atoms with Crippen LogP contribution in [-0.2, 0) is 10.8 Å². The minimum atomic E-state index is -0.633. The van der Waals surface area contributed by atoms with Gasteiger partial charge in [-0.1, -0.05) is 136 Å². The van der Waals surface area contributed by atoms with Gasteiger partial charge in [0.25, 0.3) is 0 Å². The number of hydrogen-bond donors (Lipinski definition) is 0. The topological polar surface area (TPSA) is 24.3 Å². The van der Waals surface area contributed by atoms with E-state index < -0.39 is 5.41 Å². The summed E-state index contributed by atoms with van der Waals surface area (Å²) in [6, 6.07) is 60.8. The molecule has 0 bridgehead atoms. The lowest BCUT2D eigenvalue weighted by molar-refractivity contribution is 0.588. The van der Waals surface area contributed by atoms with E-state index in [2.05, 4.69) is 213 Å². The normalized spacial score (nSPS) is 13.3. The largest absolute Gasteiger partial charge is 0.349 e. The fourth-order valence-corrected chi connectivity index (χ4v) is 8.64. The second-order valence-electron chi connectivity index (χ2n) is 15.9. The quantitative estimate of drug-likeness (QED) is 0.155. The van der Waals surface area contributed by atoms with E-state index in [0.29, 0.717) is 6.04 Å². The fourth-order valence-electron chi connectivity index (χ4n) is 8.64. The number of para-hydroxylation sites is 3. The first-order valence-electron chi connectivity index (χ1n) is 19.1. The molecule has 0 atom stereocenters. The molecule has 0 radical (unpaired) electrons. The summed E-state index contributed by atoms with van der Waals surface area (Å²) in [6.45, 7) is 12.1. The lowest BCUT2D eigenvalue weighted by Gasteiger charge is -2.37. The Hall–Kier alpha value is -6.13.